The van der Waals surface area contributed by atoms with Crippen LogP contribution in [0.15, 0.2) is 59.1 Å². The molecule has 2 aromatic carbocycles. The quantitative estimate of drug-likeness (QED) is 0.579. The SMILES string of the molecule is ClCC(CCl)(COCc1ccccc1)c1ccc(Br)cc1. The second kappa shape index (κ2) is 8.19. The Bertz CT molecular complexity index is 538. The Kier molecular flexibility index (Phi) is 6.56. The molecule has 21 heavy (non-hydrogen) atoms. The van der Waals surface area contributed by atoms with E-state index in [1.807, 2.05) is 54.6 Å². The summed E-state index contributed by atoms with van der Waals surface area (Å²) in [7, 11) is 0. The summed E-state index contributed by atoms with van der Waals surface area (Å²) in [5.74, 6) is 0.847. The molecule has 0 aliphatic heterocycles. The fourth-order valence-corrected chi connectivity index (χ4v) is 3.11. The van der Waals surface area contributed by atoms with Crippen LogP contribution in [0.4, 0.5) is 0 Å². The molecular weight excluding hydrogens is 371 g/mol. The van der Waals surface area contributed by atoms with Gasteiger partial charge in [0.25, 0.3) is 0 Å². The second-order valence-electron chi connectivity index (χ2n) is 5.03. The number of halogens is 3. The monoisotopic (exact) mass is 386 g/mol. The zero-order valence-electron chi connectivity index (χ0n) is 11.6. The molecule has 112 valence electrons. The molecule has 0 unspecified atom stereocenters. The molecule has 0 N–H and O–H groups in total. The van der Waals surface area contributed by atoms with Crippen LogP contribution in [0.1, 0.15) is 11.1 Å². The van der Waals surface area contributed by atoms with Crippen molar-refractivity contribution in [2.24, 2.45) is 0 Å². The van der Waals surface area contributed by atoms with Crippen molar-refractivity contribution in [3.63, 3.8) is 0 Å². The van der Waals surface area contributed by atoms with Gasteiger partial charge in [0, 0.05) is 21.6 Å². The summed E-state index contributed by atoms with van der Waals surface area (Å²) in [6, 6.07) is 18.2. The van der Waals surface area contributed by atoms with Gasteiger partial charge in [-0.1, -0.05) is 58.4 Å². The standard InChI is InChI=1S/C17H17BrCl2O/c18-16-8-6-15(7-9-16)17(11-19,12-20)13-21-10-14-4-2-1-3-5-14/h1-9H,10-13H2. The van der Waals surface area contributed by atoms with Gasteiger partial charge in [-0.15, -0.1) is 23.2 Å². The van der Waals surface area contributed by atoms with Gasteiger partial charge in [-0.05, 0) is 23.3 Å². The predicted molar refractivity (Wildman–Crippen MR) is 93.4 cm³/mol. The van der Waals surface area contributed by atoms with Crippen molar-refractivity contribution in [1.82, 2.24) is 0 Å². The predicted octanol–water partition coefficient (Wildman–Crippen LogP) is 5.38. The third-order valence-electron chi connectivity index (χ3n) is 3.46. The van der Waals surface area contributed by atoms with Gasteiger partial charge in [-0.2, -0.15) is 0 Å². The highest BCUT2D eigenvalue weighted by atomic mass is 79.9. The maximum atomic E-state index is 6.20. The molecule has 0 saturated carbocycles. The van der Waals surface area contributed by atoms with Crippen LogP contribution in [0.3, 0.4) is 0 Å². The van der Waals surface area contributed by atoms with Crippen LogP contribution in [0.5, 0.6) is 0 Å². The minimum Gasteiger partial charge on any atom is -0.376 e. The van der Waals surface area contributed by atoms with Crippen LogP contribution < -0.4 is 0 Å². The van der Waals surface area contributed by atoms with Gasteiger partial charge in [-0.3, -0.25) is 0 Å². The van der Waals surface area contributed by atoms with E-state index in [0.717, 1.165) is 15.6 Å². The number of benzene rings is 2. The van der Waals surface area contributed by atoms with E-state index in [1.54, 1.807) is 0 Å². The van der Waals surface area contributed by atoms with E-state index in [0.29, 0.717) is 25.0 Å². The highest BCUT2D eigenvalue weighted by Gasteiger charge is 2.31. The number of ether oxygens (including phenoxy) is 1. The van der Waals surface area contributed by atoms with E-state index in [-0.39, 0.29) is 5.41 Å². The zero-order valence-corrected chi connectivity index (χ0v) is 14.7. The lowest BCUT2D eigenvalue weighted by molar-refractivity contribution is 0.0846. The van der Waals surface area contributed by atoms with Crippen LogP contribution in [0.25, 0.3) is 0 Å². The second-order valence-corrected chi connectivity index (χ2v) is 6.48. The molecule has 0 heterocycles. The summed E-state index contributed by atoms with van der Waals surface area (Å²) in [5, 5.41) is 0. The molecule has 0 spiro atoms. The molecule has 0 amide bonds. The lowest BCUT2D eigenvalue weighted by atomic mass is 9.85. The summed E-state index contributed by atoms with van der Waals surface area (Å²) in [5.41, 5.74) is 1.88. The van der Waals surface area contributed by atoms with Gasteiger partial charge in [0.15, 0.2) is 0 Å². The van der Waals surface area contributed by atoms with Crippen LogP contribution in [0.2, 0.25) is 0 Å². The van der Waals surface area contributed by atoms with Gasteiger partial charge in [0.1, 0.15) is 0 Å². The molecule has 0 radical (unpaired) electrons. The largest absolute Gasteiger partial charge is 0.376 e. The van der Waals surface area contributed by atoms with Gasteiger partial charge in [-0.25, -0.2) is 0 Å². The van der Waals surface area contributed by atoms with E-state index in [9.17, 15) is 0 Å². The Hall–Kier alpha value is -0.540. The molecule has 4 heteroatoms. The molecule has 0 atom stereocenters. The third kappa shape index (κ3) is 4.46. The van der Waals surface area contributed by atoms with E-state index in [2.05, 4.69) is 15.9 Å². The minimum atomic E-state index is -0.363. The minimum absolute atomic E-state index is 0.363. The lowest BCUT2D eigenvalue weighted by Gasteiger charge is -2.30. The topological polar surface area (TPSA) is 9.23 Å². The molecule has 0 aromatic heterocycles. The smallest absolute Gasteiger partial charge is 0.0717 e. The summed E-state index contributed by atoms with van der Waals surface area (Å²) in [6.07, 6.45) is 0. The van der Waals surface area contributed by atoms with Crippen LogP contribution in [0, 0.1) is 0 Å². The Balaban J connectivity index is 2.06. The first-order valence-corrected chi connectivity index (χ1v) is 8.56. The van der Waals surface area contributed by atoms with Crippen molar-refractivity contribution >= 4 is 39.1 Å². The average Bonchev–Trinajstić information content (AvgIpc) is 2.54. The van der Waals surface area contributed by atoms with Crippen molar-refractivity contribution in [3.8, 4) is 0 Å². The van der Waals surface area contributed by atoms with Crippen molar-refractivity contribution in [2.45, 2.75) is 12.0 Å². The fraction of sp³-hybridized carbons (Fsp3) is 0.294. The summed E-state index contributed by atoms with van der Waals surface area (Å²) >= 11 is 15.9. The highest BCUT2D eigenvalue weighted by Crippen LogP contribution is 2.29. The number of hydrogen-bond donors (Lipinski definition) is 0. The Morgan fingerprint density at radius 1 is 0.905 bits per heavy atom. The van der Waals surface area contributed by atoms with E-state index in [1.165, 1.54) is 0 Å². The Labute approximate surface area is 144 Å². The molecule has 0 saturated heterocycles. The zero-order chi connectivity index (χ0) is 15.1. The molecule has 2 rings (SSSR count). The van der Waals surface area contributed by atoms with Crippen molar-refractivity contribution in [3.05, 3.63) is 70.2 Å². The highest BCUT2D eigenvalue weighted by molar-refractivity contribution is 9.10. The molecule has 0 fully saturated rings. The van der Waals surface area contributed by atoms with Gasteiger partial charge >= 0.3 is 0 Å². The van der Waals surface area contributed by atoms with E-state index in [4.69, 9.17) is 27.9 Å². The normalized spacial score (nSPS) is 11.6. The average molecular weight is 388 g/mol. The number of rotatable bonds is 7. The summed E-state index contributed by atoms with van der Waals surface area (Å²) < 4.78 is 6.91. The molecule has 0 aliphatic carbocycles. The Morgan fingerprint density at radius 2 is 1.52 bits per heavy atom. The molecule has 0 bridgehead atoms. The van der Waals surface area contributed by atoms with E-state index < -0.39 is 0 Å². The maximum Gasteiger partial charge on any atom is 0.0717 e. The Morgan fingerprint density at radius 3 is 2.10 bits per heavy atom. The van der Waals surface area contributed by atoms with Crippen molar-refractivity contribution in [1.29, 1.82) is 0 Å². The van der Waals surface area contributed by atoms with Crippen LogP contribution in [-0.4, -0.2) is 18.4 Å². The lowest BCUT2D eigenvalue weighted by Crippen LogP contribution is -2.36. The van der Waals surface area contributed by atoms with Crippen LogP contribution >= 0.6 is 39.1 Å². The third-order valence-corrected chi connectivity index (χ3v) is 5.01. The maximum absolute atomic E-state index is 6.20. The van der Waals surface area contributed by atoms with Crippen molar-refractivity contribution < 1.29 is 4.74 Å². The van der Waals surface area contributed by atoms with Gasteiger partial charge in [0.2, 0.25) is 0 Å². The van der Waals surface area contributed by atoms with Crippen molar-refractivity contribution in [2.75, 3.05) is 18.4 Å². The molecular formula is C17H17BrCl2O. The number of hydrogen-bond acceptors (Lipinski definition) is 1. The first-order valence-electron chi connectivity index (χ1n) is 6.70. The van der Waals surface area contributed by atoms with Gasteiger partial charge in [0.05, 0.1) is 13.2 Å². The molecule has 0 aliphatic rings. The molecule has 1 nitrogen and oxygen atoms in total. The fourth-order valence-electron chi connectivity index (χ4n) is 2.09. The molecule has 2 aromatic rings. The first-order chi connectivity index (χ1) is 10.2. The first kappa shape index (κ1) is 16.8. The van der Waals surface area contributed by atoms with Gasteiger partial charge < -0.3 is 4.74 Å². The van der Waals surface area contributed by atoms with Crippen LogP contribution in [-0.2, 0) is 16.8 Å². The van der Waals surface area contributed by atoms with E-state index >= 15 is 0 Å². The number of alkyl halides is 2. The summed E-state index contributed by atoms with van der Waals surface area (Å²) in [4.78, 5) is 0. The summed E-state index contributed by atoms with van der Waals surface area (Å²) in [6.45, 7) is 1.06.